The van der Waals surface area contributed by atoms with Crippen molar-refractivity contribution in [3.63, 3.8) is 0 Å². The lowest BCUT2D eigenvalue weighted by molar-refractivity contribution is -0.122. The van der Waals surface area contributed by atoms with Crippen LogP contribution in [0.15, 0.2) is 65.8 Å². The maximum absolute atomic E-state index is 13.5. The zero-order valence-electron chi connectivity index (χ0n) is 25.3. The topological polar surface area (TPSA) is 153 Å². The minimum atomic E-state index is -0.997. The van der Waals surface area contributed by atoms with Gasteiger partial charge in [0.15, 0.2) is 0 Å². The molecule has 2 aromatic carbocycles. The zero-order valence-corrected chi connectivity index (χ0v) is 27.0. The van der Waals surface area contributed by atoms with E-state index < -0.39 is 5.97 Å². The van der Waals surface area contributed by atoms with E-state index in [4.69, 9.17) is 37.3 Å². The normalized spacial score (nSPS) is 16.3. The maximum Gasteiger partial charge on any atom is 0.335 e. The molecule has 0 atom stereocenters. The molecule has 2 saturated heterocycles. The molecule has 4 aromatic rings. The van der Waals surface area contributed by atoms with Gasteiger partial charge in [0.25, 0.3) is 5.91 Å². The van der Waals surface area contributed by atoms with Crippen LogP contribution in [0.2, 0.25) is 0 Å². The van der Waals surface area contributed by atoms with Gasteiger partial charge in [0.1, 0.15) is 27.9 Å². The van der Waals surface area contributed by atoms with Gasteiger partial charge >= 0.3 is 5.97 Å². The van der Waals surface area contributed by atoms with Crippen LogP contribution in [-0.2, 0) is 9.53 Å². The number of thioether (sulfide) groups is 1. The molecule has 0 unspecified atom stereocenters. The summed E-state index contributed by atoms with van der Waals surface area (Å²) in [7, 11) is 0. The van der Waals surface area contributed by atoms with Gasteiger partial charge in [-0.15, -0.1) is 0 Å². The number of carbonyl (C=O) groups is 2. The van der Waals surface area contributed by atoms with E-state index >= 15 is 0 Å². The number of benzene rings is 2. The summed E-state index contributed by atoms with van der Waals surface area (Å²) < 4.78 is 17.9. The number of hydrogen-bond donors (Lipinski definition) is 2. The number of anilines is 1. The third-order valence-electron chi connectivity index (χ3n) is 7.62. The number of nitrogen functional groups attached to an aromatic ring is 1. The van der Waals surface area contributed by atoms with E-state index in [9.17, 15) is 9.59 Å². The molecule has 2 aromatic heterocycles. The van der Waals surface area contributed by atoms with Crippen LogP contribution < -0.4 is 15.2 Å². The summed E-state index contributed by atoms with van der Waals surface area (Å²) >= 11 is 6.83. The van der Waals surface area contributed by atoms with E-state index in [1.54, 1.807) is 29.4 Å². The van der Waals surface area contributed by atoms with E-state index in [2.05, 4.69) is 19.9 Å². The molecule has 1 amide bonds. The quantitative estimate of drug-likeness (QED) is 0.125. The highest BCUT2D eigenvalue weighted by Crippen LogP contribution is 2.36. The Kier molecular flexibility index (Phi) is 10.2. The summed E-state index contributed by atoms with van der Waals surface area (Å²) in [5.41, 5.74) is 9.69. The summed E-state index contributed by atoms with van der Waals surface area (Å²) in [4.78, 5) is 41.8. The fourth-order valence-electron chi connectivity index (χ4n) is 5.11. The van der Waals surface area contributed by atoms with Crippen LogP contribution in [0.25, 0.3) is 28.2 Å². The third kappa shape index (κ3) is 8.03. The zero-order chi connectivity index (χ0) is 32.8. The Hall–Kier alpha value is -4.63. The number of ether oxygens (including phenoxy) is 3. The minimum absolute atomic E-state index is 0.170. The molecular weight excluding hydrogens is 641 g/mol. The van der Waals surface area contributed by atoms with Crippen LogP contribution >= 0.6 is 24.0 Å². The Balaban J connectivity index is 1.18. The summed E-state index contributed by atoms with van der Waals surface area (Å²) in [6.07, 6.45) is 5.70. The van der Waals surface area contributed by atoms with Gasteiger partial charge in [-0.25, -0.2) is 14.8 Å². The first-order valence-corrected chi connectivity index (χ1v) is 16.2. The minimum Gasteiger partial charge on any atom is -0.494 e. The third-order valence-corrected chi connectivity index (χ3v) is 9.00. The van der Waals surface area contributed by atoms with Crippen molar-refractivity contribution in [3.8, 4) is 22.6 Å². The number of rotatable bonds is 12. The van der Waals surface area contributed by atoms with Crippen LogP contribution in [0.4, 0.5) is 5.95 Å². The van der Waals surface area contributed by atoms with Crippen LogP contribution in [0, 0.1) is 0 Å². The number of carbonyl (C=O) groups excluding carboxylic acids is 1. The van der Waals surface area contributed by atoms with Crippen molar-refractivity contribution >= 4 is 63.2 Å². The first kappa shape index (κ1) is 32.3. The van der Waals surface area contributed by atoms with Gasteiger partial charge in [-0.1, -0.05) is 30.0 Å². The Morgan fingerprint density at radius 3 is 2.60 bits per heavy atom. The molecule has 0 radical (unpaired) electrons. The van der Waals surface area contributed by atoms with E-state index in [1.165, 1.54) is 23.9 Å². The average Bonchev–Trinajstić information content (AvgIpc) is 3.34. The lowest BCUT2D eigenvalue weighted by Gasteiger charge is -2.26. The predicted octanol–water partition coefficient (Wildman–Crippen LogP) is 4.35. The van der Waals surface area contributed by atoms with Crippen molar-refractivity contribution in [1.82, 2.24) is 24.8 Å². The second-order valence-corrected chi connectivity index (χ2v) is 12.5. The van der Waals surface area contributed by atoms with Gasteiger partial charge in [0.2, 0.25) is 5.95 Å². The lowest BCUT2D eigenvalue weighted by Crippen LogP contribution is -2.38. The van der Waals surface area contributed by atoms with E-state index in [0.717, 1.165) is 36.3 Å². The lowest BCUT2D eigenvalue weighted by atomic mass is 10.0. The molecule has 0 bridgehead atoms. The summed E-state index contributed by atoms with van der Waals surface area (Å²) in [6, 6.07) is 13.9. The van der Waals surface area contributed by atoms with Crippen LogP contribution in [0.3, 0.4) is 0 Å². The average molecular weight is 673 g/mol. The van der Waals surface area contributed by atoms with Crippen molar-refractivity contribution in [3.05, 3.63) is 77.0 Å². The number of nitrogens with two attached hydrogens (primary N) is 1. The molecule has 2 aliphatic heterocycles. The van der Waals surface area contributed by atoms with Crippen LogP contribution in [-0.4, -0.2) is 98.7 Å². The molecule has 4 heterocycles. The largest absolute Gasteiger partial charge is 0.494 e. The number of aromatic carboxylic acids is 1. The van der Waals surface area contributed by atoms with Crippen LogP contribution in [0.5, 0.6) is 11.5 Å². The van der Waals surface area contributed by atoms with Gasteiger partial charge < -0.3 is 25.1 Å². The molecule has 0 aliphatic carbocycles. The number of aromatic nitrogens is 3. The van der Waals surface area contributed by atoms with Crippen molar-refractivity contribution in [2.24, 2.45) is 0 Å². The molecule has 2 fully saturated rings. The summed E-state index contributed by atoms with van der Waals surface area (Å²) in [5.74, 6) is 0.191. The fraction of sp³-hybridized carbons (Fsp3) is 0.273. The molecule has 14 heteroatoms. The van der Waals surface area contributed by atoms with Crippen molar-refractivity contribution < 1.29 is 28.9 Å². The molecule has 3 N–H and O–H groups in total. The molecule has 6 rings (SSSR count). The molecule has 0 spiro atoms. The molecule has 12 nitrogen and oxygen atoms in total. The molecule has 2 aliphatic rings. The van der Waals surface area contributed by atoms with Crippen molar-refractivity contribution in [2.75, 3.05) is 58.3 Å². The summed E-state index contributed by atoms with van der Waals surface area (Å²) in [6.45, 7) is 5.11. The van der Waals surface area contributed by atoms with Crippen molar-refractivity contribution in [1.29, 1.82) is 0 Å². The highest BCUT2D eigenvalue weighted by atomic mass is 32.2. The first-order valence-electron chi connectivity index (χ1n) is 15.0. The molecule has 47 heavy (non-hydrogen) atoms. The second-order valence-electron chi connectivity index (χ2n) is 10.8. The predicted molar refractivity (Wildman–Crippen MR) is 183 cm³/mol. The monoisotopic (exact) mass is 672 g/mol. The van der Waals surface area contributed by atoms with Gasteiger partial charge in [0.05, 0.1) is 42.0 Å². The van der Waals surface area contributed by atoms with E-state index in [-0.39, 0.29) is 17.4 Å². The Bertz CT molecular complexity index is 1830. The highest BCUT2D eigenvalue weighted by Gasteiger charge is 2.32. The van der Waals surface area contributed by atoms with Gasteiger partial charge in [0, 0.05) is 43.5 Å². The number of fused-ring (bicyclic) bond motifs is 1. The number of carboxylic acids is 1. The number of hydrogen-bond acceptors (Lipinski definition) is 12. The second kappa shape index (κ2) is 14.9. The fourth-order valence-corrected chi connectivity index (χ4v) is 6.41. The maximum atomic E-state index is 13.5. The standard InChI is InChI=1S/C33H32N6O6S2/c34-32-36-20-27-26(37-32)17-24(19-35-27)22-4-7-28(45-15-11-38-9-13-43-14-10-38)23(16-22)18-29-30(40)39(33(46)47-29)8-1-12-44-25-5-2-21(3-6-25)31(41)42/h2-7,16-20H,1,8-15H2,(H,41,42)(H2,34,36,37)/b29-18-. The van der Waals surface area contributed by atoms with Gasteiger partial charge in [-0.2, -0.15) is 0 Å². The van der Waals surface area contributed by atoms with Crippen LogP contribution in [0.1, 0.15) is 22.3 Å². The van der Waals surface area contributed by atoms with E-state index in [0.29, 0.717) is 71.2 Å². The number of nitrogens with zero attached hydrogens (tertiary/aromatic N) is 5. The number of thiocarbonyl (C=S) groups is 1. The Labute approximate surface area is 280 Å². The molecule has 242 valence electrons. The van der Waals surface area contributed by atoms with Crippen molar-refractivity contribution in [2.45, 2.75) is 6.42 Å². The highest BCUT2D eigenvalue weighted by molar-refractivity contribution is 8.26. The van der Waals surface area contributed by atoms with Gasteiger partial charge in [-0.3, -0.25) is 19.6 Å². The number of carboxylic acid groups (broad SMARTS) is 1. The SMILES string of the molecule is Nc1ncc2ncc(-c3ccc(OCCN4CCOCC4)c(/C=C4\SC(=S)N(CCCOc5ccc(C(=O)O)cc5)C4=O)c3)cc2n1. The Morgan fingerprint density at radius 2 is 1.81 bits per heavy atom. The van der Waals surface area contributed by atoms with Gasteiger partial charge in [-0.05, 0) is 60.5 Å². The summed E-state index contributed by atoms with van der Waals surface area (Å²) in [5, 5.41) is 9.07. The first-order chi connectivity index (χ1) is 22.8. The smallest absolute Gasteiger partial charge is 0.335 e. The molecular formula is C33H32N6O6S2. The number of amides is 1. The number of pyridine rings is 1. The number of morpholine rings is 1. The Morgan fingerprint density at radius 1 is 1.00 bits per heavy atom. The molecule has 0 saturated carbocycles. The van der Waals surface area contributed by atoms with E-state index in [1.807, 2.05) is 30.3 Å².